The molecular formula is C17H24N2. The van der Waals surface area contributed by atoms with Crippen molar-refractivity contribution in [3.8, 4) is 6.07 Å². The molecule has 2 nitrogen and oxygen atoms in total. The highest BCUT2D eigenvalue weighted by atomic mass is 15.1. The summed E-state index contributed by atoms with van der Waals surface area (Å²) >= 11 is 0. The van der Waals surface area contributed by atoms with Gasteiger partial charge in [-0.15, -0.1) is 0 Å². The fourth-order valence-corrected chi connectivity index (χ4v) is 3.47. The van der Waals surface area contributed by atoms with Gasteiger partial charge in [0.15, 0.2) is 0 Å². The molecule has 2 rings (SSSR count). The van der Waals surface area contributed by atoms with Gasteiger partial charge >= 0.3 is 0 Å². The van der Waals surface area contributed by atoms with Crippen LogP contribution in [0.1, 0.15) is 32.3 Å². The molecule has 19 heavy (non-hydrogen) atoms. The van der Waals surface area contributed by atoms with Crippen LogP contribution in [0, 0.1) is 22.7 Å². The van der Waals surface area contributed by atoms with Crippen molar-refractivity contribution >= 4 is 0 Å². The van der Waals surface area contributed by atoms with E-state index in [0.717, 1.165) is 19.4 Å². The molecular weight excluding hydrogens is 232 g/mol. The van der Waals surface area contributed by atoms with Crippen LogP contribution in [-0.2, 0) is 6.42 Å². The van der Waals surface area contributed by atoms with E-state index in [2.05, 4.69) is 62.2 Å². The summed E-state index contributed by atoms with van der Waals surface area (Å²) in [4.78, 5) is 2.42. The maximum absolute atomic E-state index is 9.27. The van der Waals surface area contributed by atoms with Crippen molar-refractivity contribution in [2.24, 2.45) is 11.3 Å². The molecule has 0 saturated carbocycles. The van der Waals surface area contributed by atoms with E-state index in [1.165, 1.54) is 5.56 Å². The van der Waals surface area contributed by atoms with Gasteiger partial charge < -0.3 is 4.90 Å². The van der Waals surface area contributed by atoms with Gasteiger partial charge in [-0.05, 0) is 43.7 Å². The second kappa shape index (κ2) is 5.75. The van der Waals surface area contributed by atoms with Crippen LogP contribution in [0.4, 0.5) is 0 Å². The highest BCUT2D eigenvalue weighted by Gasteiger charge is 2.42. The van der Waals surface area contributed by atoms with Crippen molar-refractivity contribution < 1.29 is 0 Å². The minimum absolute atomic E-state index is 0.141. The number of rotatable bonds is 3. The first-order valence-corrected chi connectivity index (χ1v) is 7.18. The molecule has 1 heterocycles. The Labute approximate surface area is 117 Å². The smallest absolute Gasteiger partial charge is 0.0627 e. The molecule has 1 aromatic rings. The molecule has 1 saturated heterocycles. The molecule has 0 N–H and O–H groups in total. The molecule has 1 aliphatic heterocycles. The average Bonchev–Trinajstić information content (AvgIpc) is 2.38. The zero-order valence-corrected chi connectivity index (χ0v) is 12.3. The Morgan fingerprint density at radius 2 is 2.00 bits per heavy atom. The number of hydrogen-bond acceptors (Lipinski definition) is 2. The summed E-state index contributed by atoms with van der Waals surface area (Å²) in [5, 5.41) is 9.27. The third-order valence-corrected chi connectivity index (χ3v) is 4.89. The summed E-state index contributed by atoms with van der Waals surface area (Å²) in [6.07, 6.45) is 2.81. The van der Waals surface area contributed by atoms with Gasteiger partial charge in [-0.1, -0.05) is 37.3 Å². The predicted molar refractivity (Wildman–Crippen MR) is 78.7 cm³/mol. The molecule has 1 aromatic carbocycles. The van der Waals surface area contributed by atoms with Crippen LogP contribution in [-0.4, -0.2) is 24.5 Å². The summed E-state index contributed by atoms with van der Waals surface area (Å²) in [5.41, 5.74) is 1.50. The van der Waals surface area contributed by atoms with Crippen molar-refractivity contribution in [3.63, 3.8) is 0 Å². The first kappa shape index (κ1) is 14.1. The summed E-state index contributed by atoms with van der Waals surface area (Å²) in [7, 11) is 2.19. The van der Waals surface area contributed by atoms with E-state index >= 15 is 0 Å². The monoisotopic (exact) mass is 256 g/mol. The van der Waals surface area contributed by atoms with Gasteiger partial charge in [0, 0.05) is 19.0 Å². The van der Waals surface area contributed by atoms with E-state index in [4.69, 9.17) is 0 Å². The number of hydrogen-bond donors (Lipinski definition) is 0. The number of nitriles is 1. The van der Waals surface area contributed by atoms with Crippen molar-refractivity contribution in [1.82, 2.24) is 4.90 Å². The Balaban J connectivity index is 2.25. The fourth-order valence-electron chi connectivity index (χ4n) is 3.47. The zero-order chi connectivity index (χ0) is 13.9. The molecule has 1 aliphatic rings. The van der Waals surface area contributed by atoms with Crippen molar-refractivity contribution in [2.45, 2.75) is 39.2 Å². The maximum atomic E-state index is 9.27. The summed E-state index contributed by atoms with van der Waals surface area (Å²) in [5.74, 6) is 0.563. The van der Waals surface area contributed by atoms with E-state index in [1.54, 1.807) is 0 Å². The molecule has 0 radical (unpaired) electrons. The third-order valence-electron chi connectivity index (χ3n) is 4.89. The Morgan fingerprint density at radius 3 is 2.63 bits per heavy atom. The van der Waals surface area contributed by atoms with Crippen LogP contribution in [0.15, 0.2) is 30.3 Å². The Hall–Kier alpha value is -1.33. The Morgan fingerprint density at radius 1 is 1.32 bits per heavy atom. The molecule has 0 bridgehead atoms. The van der Waals surface area contributed by atoms with E-state index < -0.39 is 0 Å². The zero-order valence-electron chi connectivity index (χ0n) is 12.3. The van der Waals surface area contributed by atoms with Crippen LogP contribution in [0.3, 0.4) is 0 Å². The van der Waals surface area contributed by atoms with E-state index in [0.29, 0.717) is 18.4 Å². The van der Waals surface area contributed by atoms with Crippen LogP contribution >= 0.6 is 0 Å². The number of benzene rings is 1. The third kappa shape index (κ3) is 2.98. The lowest BCUT2D eigenvalue weighted by Gasteiger charge is -2.48. The minimum atomic E-state index is 0.141. The molecule has 0 aromatic heterocycles. The lowest BCUT2D eigenvalue weighted by atomic mass is 9.64. The molecule has 2 heteroatoms. The second-order valence-corrected chi connectivity index (χ2v) is 6.25. The van der Waals surface area contributed by atoms with Gasteiger partial charge in [0.2, 0.25) is 0 Å². The molecule has 0 spiro atoms. The molecule has 0 aliphatic carbocycles. The first-order chi connectivity index (χ1) is 9.07. The minimum Gasteiger partial charge on any atom is -0.303 e. The van der Waals surface area contributed by atoms with E-state index in [-0.39, 0.29) is 5.41 Å². The lowest BCUT2D eigenvalue weighted by molar-refractivity contribution is 0.0228. The summed E-state index contributed by atoms with van der Waals surface area (Å²) < 4.78 is 0. The first-order valence-electron chi connectivity index (χ1n) is 7.18. The Bertz CT molecular complexity index is 448. The van der Waals surface area contributed by atoms with Crippen molar-refractivity contribution in [2.75, 3.05) is 13.6 Å². The summed E-state index contributed by atoms with van der Waals surface area (Å²) in [6, 6.07) is 13.6. The fraction of sp³-hybridized carbons (Fsp3) is 0.588. The van der Waals surface area contributed by atoms with E-state index in [1.807, 2.05) is 0 Å². The van der Waals surface area contributed by atoms with Gasteiger partial charge in [0.05, 0.1) is 6.07 Å². The van der Waals surface area contributed by atoms with Crippen LogP contribution < -0.4 is 0 Å². The maximum Gasteiger partial charge on any atom is 0.0627 e. The van der Waals surface area contributed by atoms with Crippen LogP contribution in [0.25, 0.3) is 0 Å². The van der Waals surface area contributed by atoms with Gasteiger partial charge in [-0.25, -0.2) is 0 Å². The highest BCUT2D eigenvalue weighted by molar-refractivity contribution is 5.18. The quantitative estimate of drug-likeness (QED) is 0.827. The molecule has 0 unspecified atom stereocenters. The molecule has 1 fully saturated rings. The lowest BCUT2D eigenvalue weighted by Crippen LogP contribution is -2.50. The van der Waals surface area contributed by atoms with Crippen LogP contribution in [0.2, 0.25) is 0 Å². The summed E-state index contributed by atoms with van der Waals surface area (Å²) in [6.45, 7) is 5.68. The average molecular weight is 256 g/mol. The van der Waals surface area contributed by atoms with Gasteiger partial charge in [-0.3, -0.25) is 0 Å². The normalized spacial score (nSPS) is 31.9. The molecule has 102 valence electrons. The standard InChI is InChI=1S/C17H24N2/c1-14-13-19(3)15(2)11-17(14,9-10-18)12-16-7-5-4-6-8-16/h4-8,14-15H,9,11-13H2,1-3H3/t14-,15+,17+/m0/s1. The highest BCUT2D eigenvalue weighted by Crippen LogP contribution is 2.44. The largest absolute Gasteiger partial charge is 0.303 e. The Kier molecular flexibility index (Phi) is 4.27. The topological polar surface area (TPSA) is 27.0 Å². The van der Waals surface area contributed by atoms with Crippen LogP contribution in [0.5, 0.6) is 0 Å². The van der Waals surface area contributed by atoms with E-state index in [9.17, 15) is 5.26 Å². The SMILES string of the molecule is C[C@@H]1C[C@](CC#N)(Cc2ccccc2)[C@@H](C)CN1C. The molecule has 0 amide bonds. The number of piperidine rings is 1. The second-order valence-electron chi connectivity index (χ2n) is 6.25. The van der Waals surface area contributed by atoms with Crippen molar-refractivity contribution in [1.29, 1.82) is 5.26 Å². The number of likely N-dealkylation sites (tertiary alicyclic amines) is 1. The van der Waals surface area contributed by atoms with Gasteiger partial charge in [0.1, 0.15) is 0 Å². The number of nitrogens with zero attached hydrogens (tertiary/aromatic N) is 2. The van der Waals surface area contributed by atoms with Gasteiger partial charge in [0.25, 0.3) is 0 Å². The predicted octanol–water partition coefficient (Wildman–Crippen LogP) is 3.49. The molecule has 3 atom stereocenters. The van der Waals surface area contributed by atoms with Gasteiger partial charge in [-0.2, -0.15) is 5.26 Å². The van der Waals surface area contributed by atoms with Crippen molar-refractivity contribution in [3.05, 3.63) is 35.9 Å².